The van der Waals surface area contributed by atoms with Crippen LogP contribution in [0.1, 0.15) is 44.1 Å². The van der Waals surface area contributed by atoms with Crippen LogP contribution in [-0.2, 0) is 4.74 Å². The van der Waals surface area contributed by atoms with E-state index in [1.54, 1.807) is 0 Å². The quantitative estimate of drug-likeness (QED) is 0.542. The molecule has 1 aliphatic heterocycles. The van der Waals surface area contributed by atoms with Gasteiger partial charge in [-0.15, -0.1) is 0 Å². The fourth-order valence-corrected chi connectivity index (χ4v) is 4.57. The van der Waals surface area contributed by atoms with Gasteiger partial charge in [0.2, 0.25) is 0 Å². The molecule has 0 radical (unpaired) electrons. The van der Waals surface area contributed by atoms with E-state index in [4.69, 9.17) is 9.47 Å². The van der Waals surface area contributed by atoms with Gasteiger partial charge < -0.3 is 9.47 Å². The zero-order valence-corrected chi connectivity index (χ0v) is 17.7. The van der Waals surface area contributed by atoms with Gasteiger partial charge in [0.25, 0.3) is 0 Å². The fraction of sp³-hybridized carbons (Fsp3) is 0.385. The van der Waals surface area contributed by atoms with Gasteiger partial charge in [-0.1, -0.05) is 24.3 Å². The first kappa shape index (κ1) is 19.8. The number of nitriles is 1. The molecule has 2 atom stereocenters. The Balaban J connectivity index is 1.39. The van der Waals surface area contributed by atoms with Crippen LogP contribution in [0, 0.1) is 17.2 Å². The highest BCUT2D eigenvalue weighted by molar-refractivity contribution is 5.90. The van der Waals surface area contributed by atoms with Crippen molar-refractivity contribution >= 4 is 11.1 Å². The largest absolute Gasteiger partial charge is 0.491 e. The minimum Gasteiger partial charge on any atom is -0.491 e. The van der Waals surface area contributed by atoms with Crippen LogP contribution in [0.2, 0.25) is 0 Å². The van der Waals surface area contributed by atoms with Gasteiger partial charge >= 0.3 is 0 Å². The lowest BCUT2D eigenvalue weighted by Crippen LogP contribution is -2.25. The predicted molar refractivity (Wildman–Crippen MR) is 121 cm³/mol. The number of hydrogen-bond donors (Lipinski definition) is 0. The van der Waals surface area contributed by atoms with E-state index in [0.717, 1.165) is 61.1 Å². The highest BCUT2D eigenvalue weighted by Gasteiger charge is 2.19. The van der Waals surface area contributed by atoms with Gasteiger partial charge in [0.05, 0.1) is 29.8 Å². The third-order valence-electron chi connectivity index (χ3n) is 6.36. The van der Waals surface area contributed by atoms with Gasteiger partial charge in [-0.05, 0) is 67.9 Å². The van der Waals surface area contributed by atoms with Crippen LogP contribution < -0.4 is 4.74 Å². The Hall–Kier alpha value is -3.10. The van der Waals surface area contributed by atoms with Crippen LogP contribution in [0.4, 0.5) is 0 Å². The Kier molecular flexibility index (Phi) is 5.73. The molecule has 0 saturated carbocycles. The molecule has 1 aromatic carbocycles. The minimum atomic E-state index is 0.138. The van der Waals surface area contributed by atoms with Crippen molar-refractivity contribution in [3.05, 3.63) is 60.4 Å². The Morgan fingerprint density at radius 3 is 2.77 bits per heavy atom. The van der Waals surface area contributed by atoms with E-state index in [1.165, 1.54) is 17.6 Å². The van der Waals surface area contributed by atoms with Gasteiger partial charge in [0.1, 0.15) is 12.4 Å². The smallest absolute Gasteiger partial charge is 0.119 e. The van der Waals surface area contributed by atoms with Gasteiger partial charge in [-0.3, -0.25) is 0 Å². The summed E-state index contributed by atoms with van der Waals surface area (Å²) in [6.07, 6.45) is 12.5. The second-order valence-electron chi connectivity index (χ2n) is 8.43. The predicted octanol–water partition coefficient (Wildman–Crippen LogP) is 5.66. The average molecular weight is 414 g/mol. The topological polar surface area (TPSA) is 59.6 Å². The Morgan fingerprint density at radius 1 is 1.13 bits per heavy atom. The number of allylic oxidation sites excluding steroid dienone is 2. The van der Waals surface area contributed by atoms with Gasteiger partial charge in [-0.25, -0.2) is 4.52 Å². The zero-order chi connectivity index (χ0) is 21.0. The molecule has 1 fully saturated rings. The van der Waals surface area contributed by atoms with Crippen molar-refractivity contribution in [2.45, 2.75) is 44.6 Å². The molecule has 2 aromatic heterocycles. The third-order valence-corrected chi connectivity index (χ3v) is 6.36. The second-order valence-corrected chi connectivity index (χ2v) is 8.43. The maximum Gasteiger partial charge on any atom is 0.119 e. The molecule has 2 aliphatic rings. The summed E-state index contributed by atoms with van der Waals surface area (Å²) in [5, 5.41) is 13.8. The molecular formula is C26H27N3O2. The molecule has 1 aliphatic carbocycles. The van der Waals surface area contributed by atoms with Gasteiger partial charge in [0.15, 0.2) is 0 Å². The maximum atomic E-state index is 9.20. The number of aromatic nitrogens is 2. The molecule has 0 amide bonds. The van der Waals surface area contributed by atoms with E-state index in [-0.39, 0.29) is 12.0 Å². The number of hydrogen-bond acceptors (Lipinski definition) is 4. The Labute approximate surface area is 182 Å². The van der Waals surface area contributed by atoms with E-state index >= 15 is 0 Å². The third kappa shape index (κ3) is 4.22. The molecule has 0 N–H and O–H groups in total. The number of nitrogens with zero attached hydrogens (tertiary/aromatic N) is 3. The Bertz CT molecular complexity index is 1120. The highest BCUT2D eigenvalue weighted by atomic mass is 16.5. The van der Waals surface area contributed by atoms with Crippen molar-refractivity contribution in [2.75, 3.05) is 13.2 Å². The lowest BCUT2D eigenvalue weighted by atomic mass is 9.86. The van der Waals surface area contributed by atoms with Crippen molar-refractivity contribution in [2.24, 2.45) is 5.92 Å². The summed E-state index contributed by atoms with van der Waals surface area (Å²) in [5.41, 5.74) is 5.87. The second kappa shape index (κ2) is 8.95. The van der Waals surface area contributed by atoms with Crippen LogP contribution in [0.5, 0.6) is 5.75 Å². The van der Waals surface area contributed by atoms with E-state index in [0.29, 0.717) is 6.61 Å². The number of pyridine rings is 1. The van der Waals surface area contributed by atoms with E-state index in [2.05, 4.69) is 35.4 Å². The molecule has 0 spiro atoms. The fourth-order valence-electron chi connectivity index (χ4n) is 4.57. The number of fused-ring (bicyclic) bond motifs is 1. The summed E-state index contributed by atoms with van der Waals surface area (Å²) in [6, 6.07) is 14.9. The molecule has 5 heteroatoms. The summed E-state index contributed by atoms with van der Waals surface area (Å²) in [7, 11) is 0. The summed E-state index contributed by atoms with van der Waals surface area (Å²) in [6.45, 7) is 1.45. The van der Waals surface area contributed by atoms with Crippen LogP contribution in [0.15, 0.2) is 54.9 Å². The van der Waals surface area contributed by atoms with E-state index < -0.39 is 0 Å². The first-order valence-corrected chi connectivity index (χ1v) is 11.2. The van der Waals surface area contributed by atoms with E-state index in [1.807, 2.05) is 35.1 Å². The standard InChI is InChI=1S/C26H27N3O2/c27-16-19-6-8-20(9-7-19)24-5-3-14-29-26(24)25(17-28-29)21-10-12-22(13-11-21)31-18-23-4-1-2-15-30-23/h3,5,8,10-14,17,19,23H,1-2,4,6-7,9,15,18H2. The summed E-state index contributed by atoms with van der Waals surface area (Å²) in [5.74, 6) is 1.01. The highest BCUT2D eigenvalue weighted by Crippen LogP contribution is 2.36. The molecule has 0 bridgehead atoms. The summed E-state index contributed by atoms with van der Waals surface area (Å²) < 4.78 is 13.7. The van der Waals surface area contributed by atoms with Crippen molar-refractivity contribution in [3.63, 3.8) is 0 Å². The molecule has 3 heterocycles. The number of benzene rings is 1. The van der Waals surface area contributed by atoms with Crippen LogP contribution in [-0.4, -0.2) is 28.9 Å². The van der Waals surface area contributed by atoms with Gasteiger partial charge in [0, 0.05) is 23.9 Å². The molecule has 31 heavy (non-hydrogen) atoms. The lowest BCUT2D eigenvalue weighted by molar-refractivity contribution is -0.0110. The number of rotatable bonds is 5. The molecule has 5 nitrogen and oxygen atoms in total. The van der Waals surface area contributed by atoms with Crippen molar-refractivity contribution < 1.29 is 9.47 Å². The van der Waals surface area contributed by atoms with Crippen molar-refractivity contribution in [1.82, 2.24) is 9.61 Å². The van der Waals surface area contributed by atoms with Crippen LogP contribution in [0.25, 0.3) is 22.2 Å². The SMILES string of the molecule is N#CC1CC=C(c2cccn3ncc(-c4ccc(OCC5CCCCO5)cc4)c23)CC1. The zero-order valence-electron chi connectivity index (χ0n) is 17.7. The molecule has 5 rings (SSSR count). The average Bonchev–Trinajstić information content (AvgIpc) is 3.28. The number of ether oxygens (including phenoxy) is 2. The molecular weight excluding hydrogens is 386 g/mol. The first-order chi connectivity index (χ1) is 15.3. The van der Waals surface area contributed by atoms with Crippen molar-refractivity contribution in [1.29, 1.82) is 5.26 Å². The molecule has 2 unspecified atom stereocenters. The normalized spacial score (nSPS) is 21.5. The van der Waals surface area contributed by atoms with Crippen molar-refractivity contribution in [3.8, 4) is 22.9 Å². The maximum absolute atomic E-state index is 9.20. The summed E-state index contributed by atoms with van der Waals surface area (Å²) in [4.78, 5) is 0. The van der Waals surface area contributed by atoms with Gasteiger partial charge in [-0.2, -0.15) is 10.4 Å². The van der Waals surface area contributed by atoms with Crippen LogP contribution >= 0.6 is 0 Å². The molecule has 3 aromatic rings. The lowest BCUT2D eigenvalue weighted by Gasteiger charge is -2.22. The Morgan fingerprint density at radius 2 is 2.03 bits per heavy atom. The van der Waals surface area contributed by atoms with Crippen LogP contribution in [0.3, 0.4) is 0 Å². The molecule has 1 saturated heterocycles. The summed E-state index contributed by atoms with van der Waals surface area (Å²) >= 11 is 0. The minimum absolute atomic E-state index is 0.138. The first-order valence-electron chi connectivity index (χ1n) is 11.2. The monoisotopic (exact) mass is 413 g/mol. The van der Waals surface area contributed by atoms with E-state index in [9.17, 15) is 5.26 Å². The molecule has 158 valence electrons.